The van der Waals surface area contributed by atoms with Crippen LogP contribution in [0.2, 0.25) is 0 Å². The van der Waals surface area contributed by atoms with Crippen molar-refractivity contribution >= 4 is 5.57 Å². The summed E-state index contributed by atoms with van der Waals surface area (Å²) in [6.45, 7) is 5.05. The molecule has 0 aliphatic rings. The van der Waals surface area contributed by atoms with Crippen molar-refractivity contribution in [2.75, 3.05) is 6.61 Å². The molecule has 0 aliphatic heterocycles. The molecule has 4 heteroatoms. The molecule has 0 saturated carbocycles. The van der Waals surface area contributed by atoms with Gasteiger partial charge in [-0.05, 0) is 26.3 Å². The molecule has 1 aromatic rings. The van der Waals surface area contributed by atoms with Crippen molar-refractivity contribution in [2.45, 2.75) is 26.4 Å². The molecule has 2 N–H and O–H groups in total. The molecule has 0 unspecified atom stereocenters. The lowest BCUT2D eigenvalue weighted by atomic mass is 10.0. The summed E-state index contributed by atoms with van der Waals surface area (Å²) in [4.78, 5) is 0. The molecule has 4 nitrogen and oxygen atoms in total. The zero-order chi connectivity index (χ0) is 10.8. The Bertz CT molecular complexity index is 333. The highest BCUT2D eigenvalue weighted by Crippen LogP contribution is 2.22. The van der Waals surface area contributed by atoms with Crippen LogP contribution in [0.1, 0.15) is 32.2 Å². The van der Waals surface area contributed by atoms with Crippen molar-refractivity contribution in [3.63, 3.8) is 0 Å². The number of hydrogen-bond acceptors (Lipinski definition) is 4. The lowest BCUT2D eigenvalue weighted by Gasteiger charge is -2.11. The van der Waals surface area contributed by atoms with Crippen LogP contribution >= 0.6 is 0 Å². The molecule has 0 atom stereocenters. The standard InChI is InChI=1S/C10H15NO3/c1-7(4-5-12)8-6-9(11-14-8)10(2,3)13/h4,6,12-13H,5H2,1-3H3/b7-4+. The van der Waals surface area contributed by atoms with Crippen LogP contribution in [0.25, 0.3) is 5.57 Å². The third-order valence-corrected chi connectivity index (χ3v) is 1.92. The normalized spacial score (nSPS) is 13.4. The minimum Gasteiger partial charge on any atom is -0.392 e. The van der Waals surface area contributed by atoms with Crippen LogP contribution in [0, 0.1) is 0 Å². The maximum absolute atomic E-state index is 9.62. The van der Waals surface area contributed by atoms with E-state index in [1.165, 1.54) is 0 Å². The fourth-order valence-electron chi connectivity index (χ4n) is 0.987. The number of aromatic nitrogens is 1. The third kappa shape index (κ3) is 2.43. The van der Waals surface area contributed by atoms with E-state index in [0.717, 1.165) is 5.57 Å². The molecule has 0 saturated heterocycles. The van der Waals surface area contributed by atoms with E-state index in [4.69, 9.17) is 9.63 Å². The van der Waals surface area contributed by atoms with Gasteiger partial charge in [-0.3, -0.25) is 0 Å². The van der Waals surface area contributed by atoms with E-state index in [1.54, 1.807) is 26.0 Å². The summed E-state index contributed by atoms with van der Waals surface area (Å²) in [5, 5.41) is 22.0. The van der Waals surface area contributed by atoms with Gasteiger partial charge in [-0.15, -0.1) is 0 Å². The van der Waals surface area contributed by atoms with Gasteiger partial charge in [-0.2, -0.15) is 0 Å². The van der Waals surface area contributed by atoms with Gasteiger partial charge in [0.2, 0.25) is 0 Å². The van der Waals surface area contributed by atoms with Crippen LogP contribution in [-0.4, -0.2) is 22.0 Å². The Hall–Kier alpha value is -1.13. The molecule has 78 valence electrons. The van der Waals surface area contributed by atoms with Gasteiger partial charge in [0.15, 0.2) is 5.76 Å². The largest absolute Gasteiger partial charge is 0.392 e. The van der Waals surface area contributed by atoms with Gasteiger partial charge in [-0.1, -0.05) is 11.2 Å². The second-order valence-electron chi connectivity index (χ2n) is 3.71. The minimum absolute atomic E-state index is 0.0373. The van der Waals surface area contributed by atoms with Crippen LogP contribution in [0.4, 0.5) is 0 Å². The summed E-state index contributed by atoms with van der Waals surface area (Å²) in [5.41, 5.74) is 0.287. The molecular weight excluding hydrogens is 182 g/mol. The summed E-state index contributed by atoms with van der Waals surface area (Å²) >= 11 is 0. The Balaban J connectivity index is 2.94. The molecular formula is C10H15NO3. The fourth-order valence-corrected chi connectivity index (χ4v) is 0.987. The molecule has 0 spiro atoms. The Morgan fingerprint density at radius 2 is 2.29 bits per heavy atom. The first-order valence-corrected chi connectivity index (χ1v) is 4.42. The van der Waals surface area contributed by atoms with Crippen molar-refractivity contribution in [3.05, 3.63) is 23.6 Å². The predicted octanol–water partition coefficient (Wildman–Crippen LogP) is 1.30. The molecule has 0 aromatic carbocycles. The monoisotopic (exact) mass is 197 g/mol. The number of hydrogen-bond donors (Lipinski definition) is 2. The van der Waals surface area contributed by atoms with E-state index in [1.807, 2.05) is 6.92 Å². The van der Waals surface area contributed by atoms with Crippen molar-refractivity contribution in [3.8, 4) is 0 Å². The number of rotatable bonds is 3. The lowest BCUT2D eigenvalue weighted by Crippen LogP contribution is -2.15. The smallest absolute Gasteiger partial charge is 0.162 e. The van der Waals surface area contributed by atoms with Crippen LogP contribution in [-0.2, 0) is 5.60 Å². The highest BCUT2D eigenvalue weighted by Gasteiger charge is 2.21. The Labute approximate surface area is 82.9 Å². The fraction of sp³-hybridized carbons (Fsp3) is 0.500. The van der Waals surface area contributed by atoms with E-state index in [2.05, 4.69) is 5.16 Å². The zero-order valence-corrected chi connectivity index (χ0v) is 8.61. The summed E-state index contributed by atoms with van der Waals surface area (Å²) in [6.07, 6.45) is 1.62. The molecule has 0 bridgehead atoms. The number of nitrogens with zero attached hydrogens (tertiary/aromatic N) is 1. The number of aliphatic hydroxyl groups is 2. The van der Waals surface area contributed by atoms with Gasteiger partial charge in [0.05, 0.1) is 6.61 Å². The molecule has 0 radical (unpaired) electrons. The summed E-state index contributed by atoms with van der Waals surface area (Å²) in [6, 6.07) is 1.67. The number of allylic oxidation sites excluding steroid dienone is 1. The van der Waals surface area contributed by atoms with Crippen molar-refractivity contribution < 1.29 is 14.7 Å². The van der Waals surface area contributed by atoms with Crippen molar-refractivity contribution in [2.24, 2.45) is 0 Å². The summed E-state index contributed by atoms with van der Waals surface area (Å²) in [5.74, 6) is 0.566. The average Bonchev–Trinajstić information content (AvgIpc) is 2.51. The average molecular weight is 197 g/mol. The quantitative estimate of drug-likeness (QED) is 0.766. The third-order valence-electron chi connectivity index (χ3n) is 1.92. The van der Waals surface area contributed by atoms with Crippen molar-refractivity contribution in [1.82, 2.24) is 5.16 Å². The molecule has 1 rings (SSSR count). The molecule has 1 aromatic heterocycles. The lowest BCUT2D eigenvalue weighted by molar-refractivity contribution is 0.0701. The van der Waals surface area contributed by atoms with E-state index in [-0.39, 0.29) is 6.61 Å². The second-order valence-corrected chi connectivity index (χ2v) is 3.71. The predicted molar refractivity (Wildman–Crippen MR) is 52.5 cm³/mol. The maximum atomic E-state index is 9.62. The van der Waals surface area contributed by atoms with E-state index in [9.17, 15) is 5.11 Å². The van der Waals surface area contributed by atoms with E-state index >= 15 is 0 Å². The molecule has 1 heterocycles. The highest BCUT2D eigenvalue weighted by atomic mass is 16.5. The Morgan fingerprint density at radius 3 is 2.71 bits per heavy atom. The minimum atomic E-state index is -0.999. The van der Waals surface area contributed by atoms with E-state index < -0.39 is 5.60 Å². The van der Waals surface area contributed by atoms with E-state index in [0.29, 0.717) is 11.5 Å². The molecule has 0 aliphatic carbocycles. The first-order chi connectivity index (χ1) is 6.45. The molecule has 0 fully saturated rings. The van der Waals surface area contributed by atoms with Crippen LogP contribution < -0.4 is 0 Å². The van der Waals surface area contributed by atoms with Crippen LogP contribution in [0.3, 0.4) is 0 Å². The van der Waals surface area contributed by atoms with Crippen LogP contribution in [0.15, 0.2) is 16.7 Å². The van der Waals surface area contributed by atoms with Gasteiger partial charge in [0.25, 0.3) is 0 Å². The van der Waals surface area contributed by atoms with Crippen LogP contribution in [0.5, 0.6) is 0 Å². The SMILES string of the molecule is C/C(=C\CO)c1cc(C(C)(C)O)no1. The first kappa shape index (κ1) is 10.9. The zero-order valence-electron chi connectivity index (χ0n) is 8.61. The summed E-state index contributed by atoms with van der Waals surface area (Å²) < 4.78 is 5.02. The van der Waals surface area contributed by atoms with Gasteiger partial charge in [-0.25, -0.2) is 0 Å². The molecule has 14 heavy (non-hydrogen) atoms. The van der Waals surface area contributed by atoms with Gasteiger partial charge < -0.3 is 14.7 Å². The number of aliphatic hydroxyl groups excluding tert-OH is 1. The second kappa shape index (κ2) is 3.94. The van der Waals surface area contributed by atoms with Gasteiger partial charge >= 0.3 is 0 Å². The Kier molecular flexibility index (Phi) is 3.08. The van der Waals surface area contributed by atoms with Gasteiger partial charge in [0, 0.05) is 6.07 Å². The topological polar surface area (TPSA) is 66.5 Å². The highest BCUT2D eigenvalue weighted by molar-refractivity contribution is 5.59. The molecule has 0 amide bonds. The Morgan fingerprint density at radius 1 is 1.64 bits per heavy atom. The first-order valence-electron chi connectivity index (χ1n) is 4.42. The van der Waals surface area contributed by atoms with Gasteiger partial charge in [0.1, 0.15) is 11.3 Å². The van der Waals surface area contributed by atoms with Crippen molar-refractivity contribution in [1.29, 1.82) is 0 Å². The summed E-state index contributed by atoms with van der Waals surface area (Å²) in [7, 11) is 0. The maximum Gasteiger partial charge on any atom is 0.162 e.